The van der Waals surface area contributed by atoms with Crippen molar-refractivity contribution in [3.05, 3.63) is 76.3 Å². The molecule has 2 aliphatic rings. The van der Waals surface area contributed by atoms with Crippen LogP contribution in [-0.2, 0) is 0 Å². The molecule has 1 aromatic carbocycles. The van der Waals surface area contributed by atoms with Crippen LogP contribution in [0.25, 0.3) is 5.69 Å². The normalized spacial score (nSPS) is 18.6. The minimum Gasteiger partial charge on any atom is -0.338 e. The predicted octanol–water partition coefficient (Wildman–Crippen LogP) is 4.69. The van der Waals surface area contributed by atoms with E-state index < -0.39 is 0 Å². The van der Waals surface area contributed by atoms with Crippen molar-refractivity contribution < 1.29 is 9.59 Å². The van der Waals surface area contributed by atoms with E-state index in [0.717, 1.165) is 29.8 Å². The molecule has 5 rings (SSSR count). The van der Waals surface area contributed by atoms with Gasteiger partial charge in [-0.25, -0.2) is 9.67 Å². The smallest absolute Gasteiger partial charge is 0.273 e. The average Bonchev–Trinajstić information content (AvgIpc) is 3.35. The number of aromatic nitrogens is 3. The number of hydrogen-bond acceptors (Lipinski definition) is 4. The number of piperidine rings is 1. The van der Waals surface area contributed by atoms with Gasteiger partial charge in [0.2, 0.25) is 0 Å². The number of benzene rings is 1. The summed E-state index contributed by atoms with van der Waals surface area (Å²) < 4.78 is 1.80. The molecule has 0 saturated carbocycles. The molecule has 7 nitrogen and oxygen atoms in total. The highest BCUT2D eigenvalue weighted by Gasteiger charge is 2.47. The zero-order valence-corrected chi connectivity index (χ0v) is 20.4. The van der Waals surface area contributed by atoms with Crippen molar-refractivity contribution in [1.82, 2.24) is 24.6 Å². The number of likely N-dealkylation sites (tertiary alicyclic amines) is 1. The Labute approximate surface area is 204 Å². The van der Waals surface area contributed by atoms with Crippen LogP contribution >= 0.6 is 11.6 Å². The third-order valence-corrected chi connectivity index (χ3v) is 7.11. The van der Waals surface area contributed by atoms with Gasteiger partial charge in [0.15, 0.2) is 0 Å². The molecular formula is C26H28ClN5O2. The number of rotatable bonds is 4. The van der Waals surface area contributed by atoms with Gasteiger partial charge in [0, 0.05) is 30.9 Å². The largest absolute Gasteiger partial charge is 0.338 e. The van der Waals surface area contributed by atoms with Crippen LogP contribution in [0.2, 0.25) is 5.15 Å². The van der Waals surface area contributed by atoms with Crippen molar-refractivity contribution in [2.45, 2.75) is 45.7 Å². The Kier molecular flexibility index (Phi) is 5.90. The summed E-state index contributed by atoms with van der Waals surface area (Å²) in [6.07, 6.45) is 3.00. The predicted molar refractivity (Wildman–Crippen MR) is 130 cm³/mol. The molecule has 2 aromatic heterocycles. The Bertz CT molecular complexity index is 1210. The second-order valence-corrected chi connectivity index (χ2v) is 9.78. The maximum Gasteiger partial charge on any atom is 0.273 e. The third-order valence-electron chi connectivity index (χ3n) is 6.89. The van der Waals surface area contributed by atoms with Gasteiger partial charge in [-0.15, -0.1) is 0 Å². The lowest BCUT2D eigenvalue weighted by Crippen LogP contribution is -2.49. The Morgan fingerprint density at radius 2 is 1.79 bits per heavy atom. The van der Waals surface area contributed by atoms with Crippen molar-refractivity contribution in [2.75, 3.05) is 13.1 Å². The molecule has 1 unspecified atom stereocenters. The van der Waals surface area contributed by atoms with Crippen molar-refractivity contribution in [3.8, 4) is 5.69 Å². The van der Waals surface area contributed by atoms with E-state index in [9.17, 15) is 9.59 Å². The van der Waals surface area contributed by atoms with E-state index in [1.807, 2.05) is 42.2 Å². The van der Waals surface area contributed by atoms with Crippen LogP contribution in [0.1, 0.15) is 64.8 Å². The van der Waals surface area contributed by atoms with Gasteiger partial charge in [-0.3, -0.25) is 9.59 Å². The summed E-state index contributed by atoms with van der Waals surface area (Å²) in [7, 11) is 0. The van der Waals surface area contributed by atoms with E-state index in [1.54, 1.807) is 16.8 Å². The van der Waals surface area contributed by atoms with Crippen LogP contribution in [-0.4, -0.2) is 55.5 Å². The van der Waals surface area contributed by atoms with Crippen molar-refractivity contribution >= 4 is 23.4 Å². The van der Waals surface area contributed by atoms with Crippen molar-refractivity contribution in [1.29, 1.82) is 0 Å². The first-order valence-electron chi connectivity index (χ1n) is 11.7. The van der Waals surface area contributed by atoms with E-state index in [1.165, 1.54) is 6.20 Å². The lowest BCUT2D eigenvalue weighted by Gasteiger charge is -2.40. The molecular weight excluding hydrogens is 450 g/mol. The molecule has 1 saturated heterocycles. The number of pyridine rings is 1. The molecule has 4 heterocycles. The number of hydrogen-bond donors (Lipinski definition) is 0. The molecule has 1 fully saturated rings. The highest BCUT2D eigenvalue weighted by molar-refractivity contribution is 6.29. The summed E-state index contributed by atoms with van der Waals surface area (Å²) in [5.74, 6) is 0.233. The van der Waals surface area contributed by atoms with Gasteiger partial charge in [-0.1, -0.05) is 43.6 Å². The summed E-state index contributed by atoms with van der Waals surface area (Å²) in [6.45, 7) is 7.50. The highest BCUT2D eigenvalue weighted by Crippen LogP contribution is 2.44. The molecule has 0 spiro atoms. The van der Waals surface area contributed by atoms with Crippen LogP contribution in [0.5, 0.6) is 0 Å². The maximum absolute atomic E-state index is 13.9. The zero-order chi connectivity index (χ0) is 24.0. The molecule has 1 atom stereocenters. The first kappa shape index (κ1) is 22.6. The second kappa shape index (κ2) is 8.87. The lowest BCUT2D eigenvalue weighted by atomic mass is 9.93. The fraction of sp³-hybridized carbons (Fsp3) is 0.385. The molecule has 0 N–H and O–H groups in total. The van der Waals surface area contributed by atoms with Gasteiger partial charge in [-0.05, 0) is 49.9 Å². The van der Waals surface area contributed by atoms with E-state index in [-0.39, 0.29) is 29.8 Å². The SMILES string of the molecule is Cc1nn(-c2ccccc2)c2c1C(C(C)C)N(C1CCN(C(=O)c3ccc(Cl)nc3)CC1)C2=O. The van der Waals surface area contributed by atoms with Crippen molar-refractivity contribution in [2.24, 2.45) is 5.92 Å². The van der Waals surface area contributed by atoms with E-state index in [4.69, 9.17) is 16.7 Å². The molecule has 8 heteroatoms. The number of aryl methyl sites for hydroxylation is 1. The number of fused-ring (bicyclic) bond motifs is 1. The van der Waals surface area contributed by atoms with Crippen molar-refractivity contribution in [3.63, 3.8) is 0 Å². The fourth-order valence-electron chi connectivity index (χ4n) is 5.32. The molecule has 34 heavy (non-hydrogen) atoms. The Balaban J connectivity index is 1.39. The van der Waals surface area contributed by atoms with Gasteiger partial charge in [0.1, 0.15) is 10.8 Å². The van der Waals surface area contributed by atoms with Crippen LogP contribution in [0.15, 0.2) is 48.7 Å². The van der Waals surface area contributed by atoms with Gasteiger partial charge in [-0.2, -0.15) is 5.10 Å². The standard InChI is InChI=1S/C26H28ClN5O2/c1-16(2)23-22-17(3)29-32(20-7-5-4-6-8-20)24(22)26(34)31(23)19-11-13-30(14-12-19)25(33)18-9-10-21(27)28-15-18/h4-10,15-16,19,23H,11-14H2,1-3H3. The van der Waals surface area contributed by atoms with Crippen LogP contribution in [0, 0.1) is 12.8 Å². The summed E-state index contributed by atoms with van der Waals surface area (Å²) in [5, 5.41) is 5.11. The van der Waals surface area contributed by atoms with Gasteiger partial charge in [0.25, 0.3) is 11.8 Å². The minimum absolute atomic E-state index is 0.0207. The number of amides is 2. The summed E-state index contributed by atoms with van der Waals surface area (Å²) in [5.41, 5.74) is 4.03. The van der Waals surface area contributed by atoms with Gasteiger partial charge in [0.05, 0.1) is 23.0 Å². The number of carbonyl (C=O) groups excluding carboxylic acids is 2. The molecule has 3 aromatic rings. The minimum atomic E-state index is -0.0466. The Hall–Kier alpha value is -3.19. The second-order valence-electron chi connectivity index (χ2n) is 9.39. The average molecular weight is 478 g/mol. The topological polar surface area (TPSA) is 71.3 Å². The third kappa shape index (κ3) is 3.78. The number of carbonyl (C=O) groups is 2. The molecule has 2 aliphatic heterocycles. The molecule has 0 bridgehead atoms. The summed E-state index contributed by atoms with van der Waals surface area (Å²) >= 11 is 5.86. The van der Waals surface area contributed by atoms with E-state index >= 15 is 0 Å². The Morgan fingerprint density at radius 3 is 2.41 bits per heavy atom. The van der Waals surface area contributed by atoms with E-state index in [0.29, 0.717) is 29.5 Å². The zero-order valence-electron chi connectivity index (χ0n) is 19.6. The summed E-state index contributed by atoms with van der Waals surface area (Å²) in [4.78, 5) is 34.7. The highest BCUT2D eigenvalue weighted by atomic mass is 35.5. The number of para-hydroxylation sites is 1. The molecule has 2 amide bonds. The van der Waals surface area contributed by atoms with E-state index in [2.05, 4.69) is 23.7 Å². The quantitative estimate of drug-likeness (QED) is 0.511. The molecule has 0 aliphatic carbocycles. The maximum atomic E-state index is 13.9. The van der Waals surface area contributed by atoms with Gasteiger partial charge >= 0.3 is 0 Å². The lowest BCUT2D eigenvalue weighted by molar-refractivity contribution is 0.0393. The molecule has 176 valence electrons. The number of halogens is 1. The van der Waals surface area contributed by atoms with Crippen LogP contribution in [0.4, 0.5) is 0 Å². The summed E-state index contributed by atoms with van der Waals surface area (Å²) in [6, 6.07) is 13.2. The monoisotopic (exact) mass is 477 g/mol. The fourth-order valence-corrected chi connectivity index (χ4v) is 5.43. The van der Waals surface area contributed by atoms with Crippen LogP contribution < -0.4 is 0 Å². The van der Waals surface area contributed by atoms with Crippen LogP contribution in [0.3, 0.4) is 0 Å². The van der Waals surface area contributed by atoms with Gasteiger partial charge < -0.3 is 9.80 Å². The first-order valence-corrected chi connectivity index (χ1v) is 12.1. The first-order chi connectivity index (χ1) is 16.4. The molecule has 0 radical (unpaired) electrons. The number of nitrogens with zero attached hydrogens (tertiary/aromatic N) is 5. The Morgan fingerprint density at radius 1 is 1.09 bits per heavy atom.